The third-order valence-electron chi connectivity index (χ3n) is 4.73. The van der Waals surface area contributed by atoms with E-state index in [1.807, 2.05) is 12.1 Å². The second-order valence-electron chi connectivity index (χ2n) is 7.99. The van der Waals surface area contributed by atoms with Crippen LogP contribution in [0.4, 0.5) is 0 Å². The van der Waals surface area contributed by atoms with E-state index in [2.05, 4.69) is 104 Å². The van der Waals surface area contributed by atoms with E-state index in [0.717, 1.165) is 0 Å². The summed E-state index contributed by atoms with van der Waals surface area (Å²) in [6, 6.07) is 21.2. The van der Waals surface area contributed by atoms with Crippen LogP contribution < -0.4 is 10.4 Å². The van der Waals surface area contributed by atoms with Gasteiger partial charge in [0.2, 0.25) is 8.07 Å². The van der Waals surface area contributed by atoms with E-state index < -0.39 is 14.2 Å². The summed E-state index contributed by atoms with van der Waals surface area (Å²) in [4.78, 5) is 0. The van der Waals surface area contributed by atoms with Gasteiger partial charge in [-0.05, 0) is 52.1 Å². The minimum atomic E-state index is -2.40. The summed E-state index contributed by atoms with van der Waals surface area (Å²) in [6.07, 6.45) is 6.45. The molecule has 0 heterocycles. The molecule has 2 heteroatoms. The molecular formula is C28H28OSi. The van der Waals surface area contributed by atoms with Crippen molar-refractivity contribution < 1.29 is 5.11 Å². The number of hydrogen-bond donors (Lipinski definition) is 1. The Bertz CT molecular complexity index is 1010. The van der Waals surface area contributed by atoms with Gasteiger partial charge < -0.3 is 5.11 Å². The SMILES string of the molecule is CC(O)/C=C/C=C/C#CC#CC#C[Si](c1ccccc1)(c1ccccc1)C(C)(C)C. The van der Waals surface area contributed by atoms with Crippen LogP contribution in [-0.4, -0.2) is 19.3 Å². The smallest absolute Gasteiger partial charge is 0.205 e. The van der Waals surface area contributed by atoms with E-state index in [4.69, 9.17) is 5.11 Å². The summed E-state index contributed by atoms with van der Waals surface area (Å²) >= 11 is 0. The third kappa shape index (κ3) is 6.14. The van der Waals surface area contributed by atoms with Crippen molar-refractivity contribution in [3.8, 4) is 35.1 Å². The molecule has 0 spiro atoms. The van der Waals surface area contributed by atoms with Gasteiger partial charge in [0.15, 0.2) is 0 Å². The molecule has 0 aromatic heterocycles. The van der Waals surface area contributed by atoms with Gasteiger partial charge in [-0.3, -0.25) is 0 Å². The maximum absolute atomic E-state index is 9.15. The first kappa shape index (κ1) is 23.1. The van der Waals surface area contributed by atoms with E-state index in [9.17, 15) is 0 Å². The van der Waals surface area contributed by atoms with Gasteiger partial charge in [0, 0.05) is 0 Å². The minimum Gasteiger partial charge on any atom is -0.389 e. The van der Waals surface area contributed by atoms with Crippen LogP contribution in [0.1, 0.15) is 27.7 Å². The Morgan fingerprint density at radius 2 is 1.33 bits per heavy atom. The first-order valence-corrected chi connectivity index (χ1v) is 12.0. The lowest BCUT2D eigenvalue weighted by Gasteiger charge is -2.39. The summed E-state index contributed by atoms with van der Waals surface area (Å²) in [5.41, 5.74) is 3.62. The summed E-state index contributed by atoms with van der Waals surface area (Å²) < 4.78 is 0. The standard InChI is InChI=1S/C28H28OSi/c1-25(29)19-13-9-7-5-6-8-10-18-24-30(28(2,3)4,26-20-14-11-15-21-26)27-22-16-12-17-23-27/h7,9,11-17,19-23,25,29H,1-4H3/b9-7+,19-13+. The van der Waals surface area contributed by atoms with Crippen LogP contribution in [0.25, 0.3) is 0 Å². The second-order valence-corrected chi connectivity index (χ2v) is 12.4. The van der Waals surface area contributed by atoms with E-state index in [1.165, 1.54) is 10.4 Å². The van der Waals surface area contributed by atoms with Crippen LogP contribution >= 0.6 is 0 Å². The van der Waals surface area contributed by atoms with E-state index in [1.54, 1.807) is 31.2 Å². The minimum absolute atomic E-state index is 0.0189. The number of hydrogen-bond acceptors (Lipinski definition) is 1. The predicted octanol–water partition coefficient (Wildman–Crippen LogP) is 4.09. The van der Waals surface area contributed by atoms with Crippen molar-refractivity contribution in [2.45, 2.75) is 38.8 Å². The van der Waals surface area contributed by atoms with Crippen molar-refractivity contribution in [2.75, 3.05) is 0 Å². The van der Waals surface area contributed by atoms with Crippen molar-refractivity contribution >= 4 is 18.4 Å². The normalized spacial score (nSPS) is 12.3. The predicted molar refractivity (Wildman–Crippen MR) is 131 cm³/mol. The number of aliphatic hydroxyl groups excluding tert-OH is 1. The molecule has 30 heavy (non-hydrogen) atoms. The highest BCUT2D eigenvalue weighted by Crippen LogP contribution is 2.35. The zero-order chi connectivity index (χ0) is 21.9. The lowest BCUT2D eigenvalue weighted by molar-refractivity contribution is 0.244. The Morgan fingerprint density at radius 1 is 0.800 bits per heavy atom. The Balaban J connectivity index is 2.41. The van der Waals surface area contributed by atoms with E-state index >= 15 is 0 Å². The fourth-order valence-corrected chi connectivity index (χ4v) is 7.70. The molecule has 0 bridgehead atoms. The molecule has 0 aliphatic heterocycles. The molecule has 1 N–H and O–H groups in total. The third-order valence-corrected chi connectivity index (χ3v) is 9.88. The average Bonchev–Trinajstić information content (AvgIpc) is 2.72. The maximum Gasteiger partial charge on any atom is 0.205 e. The number of benzene rings is 2. The summed E-state index contributed by atoms with van der Waals surface area (Å²) in [5, 5.41) is 11.7. The molecule has 0 aliphatic rings. The van der Waals surface area contributed by atoms with Crippen molar-refractivity contribution in [1.82, 2.24) is 0 Å². The van der Waals surface area contributed by atoms with Gasteiger partial charge in [0.25, 0.3) is 0 Å². The van der Waals surface area contributed by atoms with Crippen LogP contribution in [0, 0.1) is 35.1 Å². The molecule has 0 saturated carbocycles. The number of allylic oxidation sites excluding steroid dienone is 3. The van der Waals surface area contributed by atoms with Crippen molar-refractivity contribution in [1.29, 1.82) is 0 Å². The highest BCUT2D eigenvalue weighted by atomic mass is 28.3. The molecule has 0 aliphatic carbocycles. The Morgan fingerprint density at radius 3 is 1.83 bits per heavy atom. The maximum atomic E-state index is 9.15. The van der Waals surface area contributed by atoms with Gasteiger partial charge in [-0.2, -0.15) is 0 Å². The van der Waals surface area contributed by atoms with E-state index in [-0.39, 0.29) is 5.04 Å². The molecule has 1 unspecified atom stereocenters. The molecule has 2 aromatic rings. The summed E-state index contributed by atoms with van der Waals surface area (Å²) in [5.74, 6) is 14.5. The molecule has 0 amide bonds. The lowest BCUT2D eigenvalue weighted by Crippen LogP contribution is -2.63. The van der Waals surface area contributed by atoms with Crippen LogP contribution in [0.3, 0.4) is 0 Å². The van der Waals surface area contributed by atoms with Gasteiger partial charge in [0.05, 0.1) is 6.10 Å². The van der Waals surface area contributed by atoms with Gasteiger partial charge >= 0.3 is 0 Å². The molecule has 0 fully saturated rings. The highest BCUT2D eigenvalue weighted by molar-refractivity contribution is 7.10. The summed E-state index contributed by atoms with van der Waals surface area (Å²) in [6.45, 7) is 8.51. The highest BCUT2D eigenvalue weighted by Gasteiger charge is 2.46. The molecular weight excluding hydrogens is 380 g/mol. The average molecular weight is 409 g/mol. The van der Waals surface area contributed by atoms with Crippen LogP contribution in [0.15, 0.2) is 85.0 Å². The molecule has 1 nitrogen and oxygen atoms in total. The summed E-state index contributed by atoms with van der Waals surface area (Å²) in [7, 11) is -2.40. The molecule has 150 valence electrons. The largest absolute Gasteiger partial charge is 0.389 e. The molecule has 0 saturated heterocycles. The molecule has 0 radical (unpaired) electrons. The Hall–Kier alpha value is -3.22. The zero-order valence-electron chi connectivity index (χ0n) is 18.1. The molecule has 2 rings (SSSR count). The fraction of sp³-hybridized carbons (Fsp3) is 0.214. The van der Waals surface area contributed by atoms with Crippen LogP contribution in [-0.2, 0) is 0 Å². The Kier molecular flexibility index (Phi) is 8.52. The van der Waals surface area contributed by atoms with Crippen molar-refractivity contribution in [3.05, 3.63) is 85.0 Å². The van der Waals surface area contributed by atoms with Gasteiger partial charge in [-0.15, -0.1) is 5.54 Å². The quantitative estimate of drug-likeness (QED) is 0.459. The van der Waals surface area contributed by atoms with Gasteiger partial charge in [-0.25, -0.2) is 0 Å². The van der Waals surface area contributed by atoms with Gasteiger partial charge in [-0.1, -0.05) is 106 Å². The Labute approximate surface area is 182 Å². The van der Waals surface area contributed by atoms with Crippen LogP contribution in [0.2, 0.25) is 5.04 Å². The molecule has 2 aromatic carbocycles. The first-order chi connectivity index (χ1) is 14.4. The number of aliphatic hydroxyl groups is 1. The van der Waals surface area contributed by atoms with Crippen LogP contribution in [0.5, 0.6) is 0 Å². The van der Waals surface area contributed by atoms with Gasteiger partial charge in [0.1, 0.15) is 0 Å². The van der Waals surface area contributed by atoms with Crippen molar-refractivity contribution in [3.63, 3.8) is 0 Å². The fourth-order valence-electron chi connectivity index (χ4n) is 3.33. The molecule has 1 atom stereocenters. The second kappa shape index (κ2) is 11.1. The lowest BCUT2D eigenvalue weighted by atomic mass is 10.2. The van der Waals surface area contributed by atoms with Crippen molar-refractivity contribution in [2.24, 2.45) is 0 Å². The topological polar surface area (TPSA) is 20.2 Å². The first-order valence-electron chi connectivity index (χ1n) is 10.0. The monoisotopic (exact) mass is 408 g/mol. The van der Waals surface area contributed by atoms with E-state index in [0.29, 0.717) is 0 Å². The number of rotatable bonds is 4. The zero-order valence-corrected chi connectivity index (χ0v) is 19.1.